The summed E-state index contributed by atoms with van der Waals surface area (Å²) in [4.78, 5) is 0. The third-order valence-corrected chi connectivity index (χ3v) is 7.02. The van der Waals surface area contributed by atoms with Crippen LogP contribution in [0.1, 0.15) is 75.3 Å². The van der Waals surface area contributed by atoms with Crippen molar-refractivity contribution < 1.29 is 13.5 Å². The Balaban J connectivity index is 1.37. The zero-order chi connectivity index (χ0) is 20.4. The van der Waals surface area contributed by atoms with Crippen LogP contribution in [0, 0.1) is 24.5 Å². The standard InChI is InChI=1S/C26H32F2O/c1-3-4-22-14-16-24(29-22)21-12-8-19(9-13-21)18-6-10-20(11-7-18)23-15-5-17(2)25(27)26(23)28/h5-7,10-11,15,19,21-22,24H,3-4,8-9,12-14,16H2,1-2H3. The minimum atomic E-state index is -0.754. The summed E-state index contributed by atoms with van der Waals surface area (Å²) in [5.41, 5.74) is 2.73. The Morgan fingerprint density at radius 2 is 1.59 bits per heavy atom. The first-order valence-electron chi connectivity index (χ1n) is 11.3. The number of ether oxygens (including phenoxy) is 1. The maximum absolute atomic E-state index is 14.3. The fourth-order valence-electron chi connectivity index (χ4n) is 5.24. The van der Waals surface area contributed by atoms with Crippen LogP contribution >= 0.6 is 0 Å². The third-order valence-electron chi connectivity index (χ3n) is 7.02. The maximum atomic E-state index is 14.3. The van der Waals surface area contributed by atoms with E-state index in [2.05, 4.69) is 19.1 Å². The second-order valence-electron chi connectivity index (χ2n) is 8.95. The molecule has 2 fully saturated rings. The minimum absolute atomic E-state index is 0.336. The first-order chi connectivity index (χ1) is 14.1. The van der Waals surface area contributed by atoms with Crippen molar-refractivity contribution in [1.82, 2.24) is 0 Å². The summed E-state index contributed by atoms with van der Waals surface area (Å²) in [6, 6.07) is 11.4. The smallest absolute Gasteiger partial charge is 0.166 e. The van der Waals surface area contributed by atoms with Crippen LogP contribution < -0.4 is 0 Å². The van der Waals surface area contributed by atoms with Crippen molar-refractivity contribution in [3.63, 3.8) is 0 Å². The average Bonchev–Trinajstić information content (AvgIpc) is 3.22. The number of rotatable bonds is 5. The Morgan fingerprint density at radius 1 is 0.862 bits per heavy atom. The van der Waals surface area contributed by atoms with E-state index in [1.165, 1.54) is 56.9 Å². The van der Waals surface area contributed by atoms with E-state index in [-0.39, 0.29) is 0 Å². The SMILES string of the molecule is CCCC1CCC(C2CCC(c3ccc(-c4ccc(C)c(F)c4F)cc3)CC2)O1. The zero-order valence-corrected chi connectivity index (χ0v) is 17.6. The molecule has 156 valence electrons. The summed E-state index contributed by atoms with van der Waals surface area (Å²) in [6.07, 6.45) is 10.7. The molecule has 0 bridgehead atoms. The van der Waals surface area contributed by atoms with Crippen LogP contribution in [-0.4, -0.2) is 12.2 Å². The van der Waals surface area contributed by atoms with E-state index in [0.29, 0.717) is 35.2 Å². The van der Waals surface area contributed by atoms with E-state index in [1.807, 2.05) is 12.1 Å². The molecule has 1 heterocycles. The first kappa shape index (κ1) is 20.5. The summed E-state index contributed by atoms with van der Waals surface area (Å²) < 4.78 is 34.5. The lowest BCUT2D eigenvalue weighted by atomic mass is 9.76. The zero-order valence-electron chi connectivity index (χ0n) is 17.6. The largest absolute Gasteiger partial charge is 0.375 e. The van der Waals surface area contributed by atoms with Gasteiger partial charge in [0, 0.05) is 5.56 Å². The lowest BCUT2D eigenvalue weighted by molar-refractivity contribution is -0.00426. The van der Waals surface area contributed by atoms with Crippen LogP contribution in [0.4, 0.5) is 8.78 Å². The molecule has 1 aliphatic heterocycles. The lowest BCUT2D eigenvalue weighted by Gasteiger charge is -2.32. The van der Waals surface area contributed by atoms with Gasteiger partial charge >= 0.3 is 0 Å². The average molecular weight is 399 g/mol. The van der Waals surface area contributed by atoms with Crippen molar-refractivity contribution in [1.29, 1.82) is 0 Å². The predicted molar refractivity (Wildman–Crippen MR) is 114 cm³/mol. The van der Waals surface area contributed by atoms with Gasteiger partial charge < -0.3 is 4.74 Å². The highest BCUT2D eigenvalue weighted by atomic mass is 19.2. The highest BCUT2D eigenvalue weighted by molar-refractivity contribution is 5.65. The van der Waals surface area contributed by atoms with E-state index in [4.69, 9.17) is 4.74 Å². The van der Waals surface area contributed by atoms with Crippen molar-refractivity contribution >= 4 is 0 Å². The van der Waals surface area contributed by atoms with Gasteiger partial charge in [-0.15, -0.1) is 0 Å². The molecule has 1 nitrogen and oxygen atoms in total. The van der Waals surface area contributed by atoms with Gasteiger partial charge in [-0.2, -0.15) is 0 Å². The molecule has 1 saturated carbocycles. The van der Waals surface area contributed by atoms with E-state index >= 15 is 0 Å². The van der Waals surface area contributed by atoms with E-state index in [1.54, 1.807) is 19.1 Å². The van der Waals surface area contributed by atoms with Crippen molar-refractivity contribution in [3.8, 4) is 11.1 Å². The maximum Gasteiger partial charge on any atom is 0.166 e. The molecular formula is C26H32F2O. The van der Waals surface area contributed by atoms with Gasteiger partial charge in [0.15, 0.2) is 11.6 Å². The molecule has 1 saturated heterocycles. The fourth-order valence-corrected chi connectivity index (χ4v) is 5.24. The van der Waals surface area contributed by atoms with E-state index in [0.717, 1.165) is 5.56 Å². The fraction of sp³-hybridized carbons (Fsp3) is 0.538. The van der Waals surface area contributed by atoms with Crippen LogP contribution in [-0.2, 0) is 4.74 Å². The summed E-state index contributed by atoms with van der Waals surface area (Å²) in [6.45, 7) is 3.82. The van der Waals surface area contributed by atoms with Crippen molar-refractivity contribution in [3.05, 3.63) is 59.2 Å². The van der Waals surface area contributed by atoms with Gasteiger partial charge in [-0.3, -0.25) is 0 Å². The Labute approximate surface area is 173 Å². The predicted octanol–water partition coefficient (Wildman–Crippen LogP) is 7.56. The monoisotopic (exact) mass is 398 g/mol. The molecule has 4 rings (SSSR count). The quantitative estimate of drug-likeness (QED) is 0.505. The van der Waals surface area contributed by atoms with Crippen molar-refractivity contribution in [2.24, 2.45) is 5.92 Å². The highest BCUT2D eigenvalue weighted by Gasteiger charge is 2.34. The normalized spacial score (nSPS) is 27.3. The molecule has 2 aromatic carbocycles. The molecule has 0 N–H and O–H groups in total. The lowest BCUT2D eigenvalue weighted by Crippen LogP contribution is -2.25. The number of aryl methyl sites for hydroxylation is 1. The Bertz CT molecular complexity index is 821. The van der Waals surface area contributed by atoms with Crippen LogP contribution in [0.25, 0.3) is 11.1 Å². The molecule has 2 aromatic rings. The van der Waals surface area contributed by atoms with Crippen LogP contribution in [0.15, 0.2) is 36.4 Å². The Kier molecular flexibility index (Phi) is 6.34. The number of hydrogen-bond acceptors (Lipinski definition) is 1. The topological polar surface area (TPSA) is 9.23 Å². The minimum Gasteiger partial charge on any atom is -0.375 e. The molecule has 3 heteroatoms. The molecule has 0 aromatic heterocycles. The first-order valence-corrected chi connectivity index (χ1v) is 11.3. The van der Waals surface area contributed by atoms with Gasteiger partial charge in [0.2, 0.25) is 0 Å². The molecule has 2 atom stereocenters. The van der Waals surface area contributed by atoms with Gasteiger partial charge in [-0.25, -0.2) is 8.78 Å². The van der Waals surface area contributed by atoms with Gasteiger partial charge in [-0.1, -0.05) is 49.7 Å². The van der Waals surface area contributed by atoms with Gasteiger partial charge in [0.25, 0.3) is 0 Å². The number of hydrogen-bond donors (Lipinski definition) is 0. The van der Waals surface area contributed by atoms with Crippen LogP contribution in [0.2, 0.25) is 0 Å². The summed E-state index contributed by atoms with van der Waals surface area (Å²) in [7, 11) is 0. The summed E-state index contributed by atoms with van der Waals surface area (Å²) in [5.74, 6) is -0.235. The molecule has 2 aliphatic rings. The summed E-state index contributed by atoms with van der Waals surface area (Å²) >= 11 is 0. The second-order valence-corrected chi connectivity index (χ2v) is 8.95. The molecule has 29 heavy (non-hydrogen) atoms. The number of halogens is 2. The van der Waals surface area contributed by atoms with E-state index < -0.39 is 11.6 Å². The van der Waals surface area contributed by atoms with Gasteiger partial charge in [0.05, 0.1) is 12.2 Å². The van der Waals surface area contributed by atoms with E-state index in [9.17, 15) is 8.78 Å². The van der Waals surface area contributed by atoms with Gasteiger partial charge in [-0.05, 0) is 80.4 Å². The molecule has 2 unspecified atom stereocenters. The molecule has 0 spiro atoms. The molecular weight excluding hydrogens is 366 g/mol. The van der Waals surface area contributed by atoms with Crippen LogP contribution in [0.3, 0.4) is 0 Å². The Morgan fingerprint density at radius 3 is 2.28 bits per heavy atom. The Hall–Kier alpha value is -1.74. The molecule has 1 aliphatic carbocycles. The van der Waals surface area contributed by atoms with Crippen molar-refractivity contribution in [2.75, 3.05) is 0 Å². The molecule has 0 amide bonds. The van der Waals surface area contributed by atoms with Crippen LogP contribution in [0.5, 0.6) is 0 Å². The second kappa shape index (κ2) is 8.95. The highest BCUT2D eigenvalue weighted by Crippen LogP contribution is 2.41. The van der Waals surface area contributed by atoms with Crippen molar-refractivity contribution in [2.45, 2.75) is 83.3 Å². The number of benzene rings is 2. The van der Waals surface area contributed by atoms with Gasteiger partial charge in [0.1, 0.15) is 0 Å². The third kappa shape index (κ3) is 4.40. The summed E-state index contributed by atoms with van der Waals surface area (Å²) in [5, 5.41) is 0. The molecule has 0 radical (unpaired) electrons.